The van der Waals surface area contributed by atoms with Crippen molar-refractivity contribution >= 4 is 6.08 Å². The Morgan fingerprint density at radius 3 is 1.85 bits per heavy atom. The quantitative estimate of drug-likeness (QED) is 0.563. The first-order valence-corrected chi connectivity index (χ1v) is 7.00. The maximum atomic E-state index is 13.9. The number of rotatable bonds is 5. The van der Waals surface area contributed by atoms with Gasteiger partial charge in [-0.3, -0.25) is 0 Å². The molecule has 1 aliphatic rings. The number of hydrogen-bond acceptors (Lipinski definition) is 1. The van der Waals surface area contributed by atoms with Gasteiger partial charge in [0.1, 0.15) is 19.1 Å². The van der Waals surface area contributed by atoms with Gasteiger partial charge in [0.05, 0.1) is 0 Å². The minimum absolute atomic E-state index is 0.111. The van der Waals surface area contributed by atoms with Gasteiger partial charge in [0.25, 0.3) is 0 Å². The normalized spacial score (nSPS) is 17.4. The summed E-state index contributed by atoms with van der Waals surface area (Å²) in [4.78, 5) is 0. The van der Waals surface area contributed by atoms with Crippen LogP contribution in [0.5, 0.6) is 5.75 Å². The Morgan fingerprint density at radius 1 is 0.815 bits per heavy atom. The van der Waals surface area contributed by atoms with Gasteiger partial charge in [-0.25, -0.2) is 8.78 Å². The first kappa shape index (κ1) is 21.3. The smallest absolute Gasteiger partial charge is 0.460 e. The molecule has 0 fully saturated rings. The zero-order valence-corrected chi connectivity index (χ0v) is 12.9. The summed E-state index contributed by atoms with van der Waals surface area (Å²) in [5, 5.41) is 0. The number of alkyl halides is 11. The molecule has 0 aromatic heterocycles. The fourth-order valence-corrected chi connectivity index (χ4v) is 2.20. The fraction of sp³-hybridized carbons (Fsp3) is 0.467. The van der Waals surface area contributed by atoms with Crippen molar-refractivity contribution in [3.05, 3.63) is 35.4 Å². The summed E-state index contributed by atoms with van der Waals surface area (Å²) in [7, 11) is 0. The second-order valence-corrected chi connectivity index (χ2v) is 5.74. The molecule has 0 saturated heterocycles. The van der Waals surface area contributed by atoms with E-state index in [0.717, 1.165) is 12.2 Å². The highest BCUT2D eigenvalue weighted by Crippen LogP contribution is 2.57. The Hall–Kier alpha value is -2.01. The molecular weight excluding hydrogens is 405 g/mol. The maximum absolute atomic E-state index is 13.9. The molecule has 0 amide bonds. The Morgan fingerprint density at radius 2 is 1.37 bits per heavy atom. The first-order valence-electron chi connectivity index (χ1n) is 7.00. The van der Waals surface area contributed by atoms with Gasteiger partial charge in [-0.2, -0.15) is 39.5 Å². The van der Waals surface area contributed by atoms with E-state index in [9.17, 15) is 48.3 Å². The summed E-state index contributed by atoms with van der Waals surface area (Å²) < 4.78 is 148. The molecule has 152 valence electrons. The van der Waals surface area contributed by atoms with Gasteiger partial charge in [0.2, 0.25) is 0 Å². The van der Waals surface area contributed by atoms with Crippen molar-refractivity contribution in [2.75, 3.05) is 13.3 Å². The molecule has 0 radical (unpaired) electrons. The highest BCUT2D eigenvalue weighted by molar-refractivity contribution is 5.62. The topological polar surface area (TPSA) is 9.23 Å². The van der Waals surface area contributed by atoms with Crippen LogP contribution in [0, 0.1) is 0 Å². The second kappa shape index (κ2) is 6.26. The third-order valence-corrected chi connectivity index (χ3v) is 3.85. The minimum Gasteiger partial charge on any atom is -0.477 e. The van der Waals surface area contributed by atoms with Crippen molar-refractivity contribution in [1.82, 2.24) is 0 Å². The van der Waals surface area contributed by atoms with Gasteiger partial charge in [0, 0.05) is 11.1 Å². The molecule has 2 rings (SSSR count). The van der Waals surface area contributed by atoms with Crippen molar-refractivity contribution < 1.29 is 53.0 Å². The summed E-state index contributed by atoms with van der Waals surface area (Å²) in [6.45, 7) is -2.74. The second-order valence-electron chi connectivity index (χ2n) is 5.74. The van der Waals surface area contributed by atoms with Gasteiger partial charge < -0.3 is 4.74 Å². The van der Waals surface area contributed by atoms with E-state index < -0.39 is 59.8 Å². The minimum atomic E-state index is -7.02. The van der Waals surface area contributed by atoms with E-state index in [2.05, 4.69) is 0 Å². The molecule has 1 heterocycles. The zero-order valence-electron chi connectivity index (χ0n) is 12.9. The van der Waals surface area contributed by atoms with Crippen molar-refractivity contribution in [3.63, 3.8) is 0 Å². The lowest BCUT2D eigenvalue weighted by Crippen LogP contribution is -2.59. The van der Waals surface area contributed by atoms with Crippen molar-refractivity contribution in [3.8, 4) is 5.75 Å². The molecule has 1 aliphatic heterocycles. The molecule has 1 nitrogen and oxygen atoms in total. The van der Waals surface area contributed by atoms with Gasteiger partial charge in [-0.15, -0.1) is 0 Å². The molecule has 0 bridgehead atoms. The van der Waals surface area contributed by atoms with Gasteiger partial charge in [-0.05, 0) is 24.3 Å². The van der Waals surface area contributed by atoms with Crippen LogP contribution in [0.2, 0.25) is 0 Å². The highest BCUT2D eigenvalue weighted by atomic mass is 19.4. The summed E-state index contributed by atoms with van der Waals surface area (Å²) in [5.41, 5.74) is -4.41. The fourth-order valence-electron chi connectivity index (χ4n) is 2.20. The molecule has 12 heteroatoms. The number of hydrogen-bond donors (Lipinski definition) is 0. The van der Waals surface area contributed by atoms with Crippen LogP contribution in [0.4, 0.5) is 48.3 Å². The summed E-state index contributed by atoms with van der Waals surface area (Å²) in [6, 6.07) is 0.802. The lowest BCUT2D eigenvalue weighted by Gasteiger charge is -2.34. The van der Waals surface area contributed by atoms with Crippen molar-refractivity contribution in [1.29, 1.82) is 0 Å². The van der Waals surface area contributed by atoms with Gasteiger partial charge in [0.15, 0.2) is 5.60 Å². The molecule has 0 atom stereocenters. The van der Waals surface area contributed by atoms with Crippen molar-refractivity contribution in [2.45, 2.75) is 29.5 Å². The standard InChI is InChI=1S/C15H9F11O/c16-6-11(7-17)4-3-8-5-9(1-2-10(8)27-11)12(18,19)13(20,21)14(22,23)15(24,25)26/h1-5H,6-7H2. The van der Waals surface area contributed by atoms with Crippen LogP contribution in [0.1, 0.15) is 11.1 Å². The molecule has 0 aliphatic carbocycles. The van der Waals surface area contributed by atoms with Crippen LogP contribution >= 0.6 is 0 Å². The summed E-state index contributed by atoms with van der Waals surface area (Å²) >= 11 is 0. The largest absolute Gasteiger partial charge is 0.477 e. The van der Waals surface area contributed by atoms with E-state index in [1.54, 1.807) is 0 Å². The molecule has 0 spiro atoms. The molecule has 0 N–H and O–H groups in total. The Balaban J connectivity index is 2.48. The van der Waals surface area contributed by atoms with Gasteiger partial charge in [-0.1, -0.05) is 6.08 Å². The maximum Gasteiger partial charge on any atom is 0.460 e. The van der Waals surface area contributed by atoms with E-state index in [4.69, 9.17) is 4.74 Å². The van der Waals surface area contributed by atoms with Crippen LogP contribution in [0.15, 0.2) is 24.3 Å². The summed E-state index contributed by atoms with van der Waals surface area (Å²) in [6.07, 6.45) is -5.38. The lowest BCUT2D eigenvalue weighted by molar-refractivity contribution is -0.399. The van der Waals surface area contributed by atoms with E-state index in [-0.39, 0.29) is 12.1 Å². The Kier molecular flexibility index (Phi) is 4.94. The van der Waals surface area contributed by atoms with E-state index >= 15 is 0 Å². The average Bonchev–Trinajstić information content (AvgIpc) is 2.59. The number of benzene rings is 1. The first-order chi connectivity index (χ1) is 12.1. The van der Waals surface area contributed by atoms with Crippen LogP contribution in [-0.2, 0) is 5.92 Å². The number of ether oxygens (including phenoxy) is 1. The Labute approximate surface area is 144 Å². The summed E-state index contributed by atoms with van der Waals surface area (Å²) in [5.74, 6) is -20.2. The molecule has 0 unspecified atom stereocenters. The van der Waals surface area contributed by atoms with E-state index in [1.165, 1.54) is 0 Å². The predicted molar refractivity (Wildman–Crippen MR) is 70.6 cm³/mol. The van der Waals surface area contributed by atoms with Crippen molar-refractivity contribution in [2.24, 2.45) is 0 Å². The van der Waals surface area contributed by atoms with E-state index in [1.807, 2.05) is 0 Å². The molecule has 1 aromatic carbocycles. The highest BCUT2D eigenvalue weighted by Gasteiger charge is 2.82. The van der Waals surface area contributed by atoms with Crippen LogP contribution in [0.3, 0.4) is 0 Å². The predicted octanol–water partition coefficient (Wildman–Crippen LogP) is 5.69. The molecule has 0 saturated carbocycles. The van der Waals surface area contributed by atoms with Crippen LogP contribution < -0.4 is 4.74 Å². The van der Waals surface area contributed by atoms with E-state index in [0.29, 0.717) is 6.07 Å². The van der Waals surface area contributed by atoms with Crippen LogP contribution in [-0.4, -0.2) is 37.0 Å². The zero-order chi connectivity index (χ0) is 20.9. The SMILES string of the molecule is FCC1(CF)C=Cc2cc(C(F)(F)C(F)(F)C(F)(F)C(F)(F)F)ccc2O1. The molecular formula is C15H9F11O. The van der Waals surface area contributed by atoms with Crippen LogP contribution in [0.25, 0.3) is 6.08 Å². The molecule has 1 aromatic rings. The average molecular weight is 414 g/mol. The lowest BCUT2D eigenvalue weighted by atomic mass is 9.93. The third-order valence-electron chi connectivity index (χ3n) is 3.85. The van der Waals surface area contributed by atoms with Gasteiger partial charge >= 0.3 is 23.9 Å². The monoisotopic (exact) mass is 414 g/mol. The Bertz CT molecular complexity index is 732. The molecule has 27 heavy (non-hydrogen) atoms. The number of fused-ring (bicyclic) bond motifs is 1. The number of halogens is 11. The third kappa shape index (κ3) is 3.12.